The molecule has 10 nitrogen and oxygen atoms in total. The van der Waals surface area contributed by atoms with E-state index in [1.165, 1.54) is 0 Å². The Morgan fingerprint density at radius 3 is 2.23 bits per heavy atom. The van der Waals surface area contributed by atoms with E-state index in [0.29, 0.717) is 25.0 Å². The molecule has 0 bridgehead atoms. The molecule has 3 N–H and O–H groups in total. The molecule has 1 aromatic carbocycles. The van der Waals surface area contributed by atoms with Crippen LogP contribution in [-0.4, -0.2) is 66.5 Å². The number of rotatable bonds is 10. The summed E-state index contributed by atoms with van der Waals surface area (Å²) in [7, 11) is -3.53. The lowest BCUT2D eigenvalue weighted by atomic mass is 9.82. The highest BCUT2D eigenvalue weighted by Gasteiger charge is 2.40. The Morgan fingerprint density at radius 2 is 1.65 bits per heavy atom. The van der Waals surface area contributed by atoms with Crippen LogP contribution in [0.2, 0.25) is 0 Å². The molecule has 2 rings (SSSR count). The SMILES string of the molecule is CC(C)(C)OC(=O)NC1CCC(NC(=O)[C@H](CCS)NC(=O)OCc2ccccc2)C(CS(=O)(=O)C(C)(C)C)C1. The van der Waals surface area contributed by atoms with Crippen molar-refractivity contribution in [2.24, 2.45) is 5.92 Å². The van der Waals surface area contributed by atoms with Crippen LogP contribution in [-0.2, 0) is 30.7 Å². The smallest absolute Gasteiger partial charge is 0.408 e. The average molecular weight is 600 g/mol. The predicted octanol–water partition coefficient (Wildman–Crippen LogP) is 3.99. The summed E-state index contributed by atoms with van der Waals surface area (Å²) in [5, 5.41) is 8.42. The maximum Gasteiger partial charge on any atom is 0.408 e. The van der Waals surface area contributed by atoms with E-state index in [1.54, 1.807) is 41.5 Å². The van der Waals surface area contributed by atoms with Crippen LogP contribution in [0, 0.1) is 5.92 Å². The van der Waals surface area contributed by atoms with Crippen LogP contribution in [0.3, 0.4) is 0 Å². The molecule has 3 unspecified atom stereocenters. The zero-order valence-corrected chi connectivity index (χ0v) is 26.1. The maximum absolute atomic E-state index is 13.3. The van der Waals surface area contributed by atoms with Gasteiger partial charge in [0.15, 0.2) is 9.84 Å². The van der Waals surface area contributed by atoms with Crippen LogP contribution in [0.15, 0.2) is 30.3 Å². The van der Waals surface area contributed by atoms with Gasteiger partial charge in [-0.15, -0.1) is 0 Å². The minimum Gasteiger partial charge on any atom is -0.445 e. The van der Waals surface area contributed by atoms with Crippen molar-refractivity contribution < 1.29 is 32.3 Å². The molecule has 0 spiro atoms. The second kappa shape index (κ2) is 14.4. The Kier molecular flexibility index (Phi) is 12.2. The van der Waals surface area contributed by atoms with Crippen LogP contribution in [0.25, 0.3) is 0 Å². The van der Waals surface area contributed by atoms with Gasteiger partial charge in [0.1, 0.15) is 18.2 Å². The van der Waals surface area contributed by atoms with Crippen molar-refractivity contribution in [3.63, 3.8) is 0 Å². The second-order valence-corrected chi connectivity index (χ2v) is 15.4. The van der Waals surface area contributed by atoms with E-state index in [0.717, 1.165) is 5.56 Å². The van der Waals surface area contributed by atoms with E-state index < -0.39 is 56.3 Å². The number of hydrogen-bond acceptors (Lipinski definition) is 8. The number of benzene rings is 1. The van der Waals surface area contributed by atoms with Crippen molar-refractivity contribution in [2.75, 3.05) is 11.5 Å². The Balaban J connectivity index is 2.10. The number of carbonyl (C=O) groups is 3. The number of ether oxygens (including phenoxy) is 2. The molecule has 0 aromatic heterocycles. The molecular formula is C28H45N3O7S2. The van der Waals surface area contributed by atoms with Gasteiger partial charge in [-0.2, -0.15) is 12.6 Å². The summed E-state index contributed by atoms with van der Waals surface area (Å²) in [5.74, 6) is -0.709. The normalized spacial score (nSPS) is 20.6. The molecule has 0 heterocycles. The van der Waals surface area contributed by atoms with E-state index in [2.05, 4.69) is 28.6 Å². The molecule has 0 saturated heterocycles. The number of hydrogen-bond donors (Lipinski definition) is 4. The first kappa shape index (κ1) is 33.7. The Labute approximate surface area is 244 Å². The first-order valence-corrected chi connectivity index (χ1v) is 15.9. The standard InChI is InChI=1S/C28H45N3O7S2/c1-27(2,3)38-26(34)29-21-12-13-22(20(16-21)18-40(35,36)28(4,5)6)30-24(32)23(14-15-39)31-25(33)37-17-19-10-8-7-9-11-19/h7-11,20-23,39H,12-18H2,1-6H3,(H,29,34)(H,30,32)(H,31,33)/t20?,21?,22?,23-/m0/s1. The lowest BCUT2D eigenvalue weighted by molar-refractivity contribution is -0.124. The monoisotopic (exact) mass is 599 g/mol. The van der Waals surface area contributed by atoms with Crippen molar-refractivity contribution in [3.05, 3.63) is 35.9 Å². The van der Waals surface area contributed by atoms with Gasteiger partial charge in [0.2, 0.25) is 5.91 Å². The highest BCUT2D eigenvalue weighted by molar-refractivity contribution is 7.92. The van der Waals surface area contributed by atoms with Crippen molar-refractivity contribution in [1.29, 1.82) is 0 Å². The third-order valence-corrected chi connectivity index (χ3v) is 9.63. The van der Waals surface area contributed by atoms with E-state index in [1.807, 2.05) is 30.3 Å². The Bertz CT molecular complexity index is 1100. The van der Waals surface area contributed by atoms with Gasteiger partial charge >= 0.3 is 12.2 Å². The predicted molar refractivity (Wildman–Crippen MR) is 158 cm³/mol. The molecule has 4 atom stereocenters. The fourth-order valence-electron chi connectivity index (χ4n) is 4.36. The molecule has 226 valence electrons. The quantitative estimate of drug-likeness (QED) is 0.298. The number of carbonyl (C=O) groups excluding carboxylic acids is 3. The molecule has 12 heteroatoms. The van der Waals surface area contributed by atoms with Gasteiger partial charge < -0.3 is 25.4 Å². The average Bonchev–Trinajstić information content (AvgIpc) is 2.82. The van der Waals surface area contributed by atoms with E-state index >= 15 is 0 Å². The molecule has 1 aromatic rings. The van der Waals surface area contributed by atoms with Gasteiger partial charge in [-0.1, -0.05) is 30.3 Å². The number of sulfone groups is 1. The molecule has 3 amide bonds. The highest BCUT2D eigenvalue weighted by Crippen LogP contribution is 2.30. The summed E-state index contributed by atoms with van der Waals surface area (Å²) in [6.45, 7) is 10.3. The molecule has 0 radical (unpaired) electrons. The van der Waals surface area contributed by atoms with Crippen LogP contribution in [0.1, 0.15) is 72.8 Å². The van der Waals surface area contributed by atoms with Crippen molar-refractivity contribution in [2.45, 2.75) is 102 Å². The Hall–Kier alpha value is -2.47. The van der Waals surface area contributed by atoms with Gasteiger partial charge in [-0.25, -0.2) is 18.0 Å². The lowest BCUT2D eigenvalue weighted by Crippen LogP contribution is -2.56. The maximum atomic E-state index is 13.3. The zero-order valence-electron chi connectivity index (χ0n) is 24.4. The Morgan fingerprint density at radius 1 is 1.00 bits per heavy atom. The number of thiol groups is 1. The highest BCUT2D eigenvalue weighted by atomic mass is 32.2. The summed E-state index contributed by atoms with van der Waals surface area (Å²) < 4.78 is 35.9. The van der Waals surface area contributed by atoms with Crippen molar-refractivity contribution >= 4 is 40.6 Å². The summed E-state index contributed by atoms with van der Waals surface area (Å²) in [5.41, 5.74) is 0.147. The van der Waals surface area contributed by atoms with Crippen LogP contribution in [0.5, 0.6) is 0 Å². The van der Waals surface area contributed by atoms with Gasteiger partial charge in [-0.3, -0.25) is 4.79 Å². The first-order valence-electron chi connectivity index (χ1n) is 13.6. The fourth-order valence-corrected chi connectivity index (χ4v) is 6.05. The molecule has 0 aliphatic heterocycles. The minimum absolute atomic E-state index is 0.0588. The zero-order chi connectivity index (χ0) is 30.1. The van der Waals surface area contributed by atoms with Crippen LogP contribution >= 0.6 is 12.6 Å². The van der Waals surface area contributed by atoms with Gasteiger partial charge in [0.25, 0.3) is 0 Å². The van der Waals surface area contributed by atoms with Crippen LogP contribution < -0.4 is 16.0 Å². The van der Waals surface area contributed by atoms with E-state index in [4.69, 9.17) is 9.47 Å². The lowest BCUT2D eigenvalue weighted by Gasteiger charge is -2.38. The van der Waals surface area contributed by atoms with E-state index in [9.17, 15) is 22.8 Å². The third kappa shape index (κ3) is 11.2. The summed E-state index contributed by atoms with van der Waals surface area (Å²) >= 11 is 4.23. The minimum atomic E-state index is -3.53. The van der Waals surface area contributed by atoms with Gasteiger partial charge in [0, 0.05) is 12.1 Å². The van der Waals surface area contributed by atoms with Crippen molar-refractivity contribution in [1.82, 2.24) is 16.0 Å². The molecule has 1 aliphatic rings. The molecule has 40 heavy (non-hydrogen) atoms. The summed E-state index contributed by atoms with van der Waals surface area (Å²) in [6, 6.07) is 7.50. The summed E-state index contributed by atoms with van der Waals surface area (Å²) in [4.78, 5) is 38.1. The van der Waals surface area contributed by atoms with Gasteiger partial charge in [-0.05, 0) is 84.5 Å². The largest absolute Gasteiger partial charge is 0.445 e. The third-order valence-electron chi connectivity index (χ3n) is 6.64. The summed E-state index contributed by atoms with van der Waals surface area (Å²) in [6.07, 6.45) is 0.286. The molecule has 1 saturated carbocycles. The number of alkyl carbamates (subject to hydrolysis) is 2. The number of amides is 3. The number of nitrogens with one attached hydrogen (secondary N) is 3. The second-order valence-electron chi connectivity index (χ2n) is 12.2. The first-order chi connectivity index (χ1) is 18.5. The fraction of sp³-hybridized carbons (Fsp3) is 0.679. The molecule has 1 aliphatic carbocycles. The van der Waals surface area contributed by atoms with E-state index in [-0.39, 0.29) is 24.8 Å². The van der Waals surface area contributed by atoms with Crippen molar-refractivity contribution in [3.8, 4) is 0 Å². The topological polar surface area (TPSA) is 140 Å². The molecular weight excluding hydrogens is 554 g/mol. The van der Waals surface area contributed by atoms with Crippen LogP contribution in [0.4, 0.5) is 9.59 Å². The molecule has 1 fully saturated rings. The van der Waals surface area contributed by atoms with Gasteiger partial charge in [0.05, 0.1) is 10.5 Å².